The average Bonchev–Trinajstić information content (AvgIpc) is 3.41. The minimum Gasteiger partial charge on any atom is -0.512 e. The molecule has 138 valence electrons. The Bertz CT molecular complexity index is 613. The largest absolute Gasteiger partial charge is 0.512 e. The van der Waals surface area contributed by atoms with Gasteiger partial charge in [0.15, 0.2) is 5.78 Å². The minimum atomic E-state index is -0.0675. The van der Waals surface area contributed by atoms with Crippen LogP contribution in [0.5, 0.6) is 0 Å². The number of aliphatic hydroxyl groups is 1. The van der Waals surface area contributed by atoms with E-state index in [1.165, 1.54) is 6.92 Å². The number of aliphatic hydroxyl groups excluding tert-OH is 1. The average molecular weight is 345 g/mol. The lowest BCUT2D eigenvalue weighted by atomic mass is 9.81. The van der Waals surface area contributed by atoms with Gasteiger partial charge in [0.1, 0.15) is 0 Å². The van der Waals surface area contributed by atoms with Crippen LogP contribution in [-0.4, -0.2) is 33.8 Å². The monoisotopic (exact) mass is 345 g/mol. The summed E-state index contributed by atoms with van der Waals surface area (Å²) in [5, 5.41) is 10.0. The van der Waals surface area contributed by atoms with Crippen LogP contribution >= 0.6 is 0 Å². The lowest BCUT2D eigenvalue weighted by Crippen LogP contribution is -2.44. The fourth-order valence-corrected chi connectivity index (χ4v) is 4.30. The van der Waals surface area contributed by atoms with Gasteiger partial charge in [0.2, 0.25) is 5.91 Å². The van der Waals surface area contributed by atoms with Crippen molar-refractivity contribution >= 4 is 11.7 Å². The third-order valence-corrected chi connectivity index (χ3v) is 6.16. The topological polar surface area (TPSA) is 57.6 Å². The van der Waals surface area contributed by atoms with Crippen LogP contribution in [0.15, 0.2) is 23.0 Å². The van der Waals surface area contributed by atoms with E-state index in [2.05, 4.69) is 24.8 Å². The number of rotatable bonds is 5. The molecule has 0 bridgehead atoms. The van der Waals surface area contributed by atoms with Crippen LogP contribution in [-0.2, 0) is 9.59 Å². The molecule has 0 heterocycles. The van der Waals surface area contributed by atoms with Gasteiger partial charge in [-0.1, -0.05) is 19.9 Å². The summed E-state index contributed by atoms with van der Waals surface area (Å²) in [5.41, 5.74) is 1.49. The molecule has 2 unspecified atom stereocenters. The summed E-state index contributed by atoms with van der Waals surface area (Å²) >= 11 is 0. The Kier molecular flexibility index (Phi) is 5.35. The first-order valence-corrected chi connectivity index (χ1v) is 9.82. The summed E-state index contributed by atoms with van der Waals surface area (Å²) in [4.78, 5) is 27.1. The smallest absolute Gasteiger partial charge is 0.249 e. The van der Waals surface area contributed by atoms with E-state index >= 15 is 0 Å². The van der Waals surface area contributed by atoms with Gasteiger partial charge in [-0.15, -0.1) is 0 Å². The summed E-state index contributed by atoms with van der Waals surface area (Å²) in [6, 6.07) is 0.383. The quantitative estimate of drug-likeness (QED) is 0.807. The molecule has 0 radical (unpaired) electrons. The number of hydrogen-bond donors (Lipinski definition) is 1. The van der Waals surface area contributed by atoms with Crippen molar-refractivity contribution in [3.8, 4) is 0 Å². The Balaban J connectivity index is 1.74. The summed E-state index contributed by atoms with van der Waals surface area (Å²) in [6.07, 6.45) is 9.03. The predicted octanol–water partition coefficient (Wildman–Crippen LogP) is 4.31. The van der Waals surface area contributed by atoms with E-state index in [1.54, 1.807) is 0 Å². The molecular weight excluding hydrogens is 314 g/mol. The molecule has 4 heteroatoms. The molecule has 3 rings (SSSR count). The van der Waals surface area contributed by atoms with Crippen LogP contribution in [0.2, 0.25) is 0 Å². The van der Waals surface area contributed by atoms with Gasteiger partial charge >= 0.3 is 0 Å². The maximum atomic E-state index is 13.2. The van der Waals surface area contributed by atoms with Gasteiger partial charge < -0.3 is 10.0 Å². The molecule has 2 atom stereocenters. The van der Waals surface area contributed by atoms with E-state index in [1.807, 2.05) is 0 Å². The van der Waals surface area contributed by atoms with Gasteiger partial charge in [0.05, 0.1) is 5.76 Å². The van der Waals surface area contributed by atoms with Crippen LogP contribution in [0, 0.1) is 11.8 Å². The first-order chi connectivity index (χ1) is 11.9. The third-order valence-electron chi connectivity index (χ3n) is 6.16. The maximum absolute atomic E-state index is 13.2. The SMILES string of the molecule is CC(=O)C1=C(O)CCC(N(C(=O)C2=CCC(C(C)C)CC2)C2CC2)C1. The zero-order valence-electron chi connectivity index (χ0n) is 15.8. The highest BCUT2D eigenvalue weighted by Crippen LogP contribution is 2.38. The molecule has 1 amide bonds. The molecule has 0 aromatic heterocycles. The van der Waals surface area contributed by atoms with Crippen LogP contribution in [0.3, 0.4) is 0 Å². The first kappa shape index (κ1) is 18.2. The zero-order chi connectivity index (χ0) is 18.1. The Morgan fingerprint density at radius 3 is 2.36 bits per heavy atom. The van der Waals surface area contributed by atoms with Crippen molar-refractivity contribution in [2.24, 2.45) is 11.8 Å². The van der Waals surface area contributed by atoms with Crippen LogP contribution in [0.1, 0.15) is 72.1 Å². The highest BCUT2D eigenvalue weighted by Gasteiger charge is 2.40. The first-order valence-electron chi connectivity index (χ1n) is 9.82. The van der Waals surface area contributed by atoms with Gasteiger partial charge in [0.25, 0.3) is 0 Å². The highest BCUT2D eigenvalue weighted by molar-refractivity contribution is 5.96. The lowest BCUT2D eigenvalue weighted by Gasteiger charge is -2.36. The lowest BCUT2D eigenvalue weighted by molar-refractivity contribution is -0.131. The van der Waals surface area contributed by atoms with E-state index in [9.17, 15) is 14.7 Å². The second-order valence-corrected chi connectivity index (χ2v) is 8.33. The summed E-state index contributed by atoms with van der Waals surface area (Å²) in [6.45, 7) is 6.02. The van der Waals surface area contributed by atoms with Crippen molar-refractivity contribution in [1.82, 2.24) is 4.90 Å². The van der Waals surface area contributed by atoms with Crippen molar-refractivity contribution < 1.29 is 14.7 Å². The van der Waals surface area contributed by atoms with Gasteiger partial charge in [-0.3, -0.25) is 9.59 Å². The van der Waals surface area contributed by atoms with Crippen LogP contribution in [0.4, 0.5) is 0 Å². The minimum absolute atomic E-state index is 0.0542. The summed E-state index contributed by atoms with van der Waals surface area (Å²) in [5.74, 6) is 1.69. The van der Waals surface area contributed by atoms with E-state index < -0.39 is 0 Å². The van der Waals surface area contributed by atoms with Crippen molar-refractivity contribution in [3.05, 3.63) is 23.0 Å². The van der Waals surface area contributed by atoms with Gasteiger partial charge in [-0.2, -0.15) is 0 Å². The van der Waals surface area contributed by atoms with Crippen molar-refractivity contribution in [2.75, 3.05) is 0 Å². The van der Waals surface area contributed by atoms with Gasteiger partial charge in [-0.25, -0.2) is 0 Å². The summed E-state index contributed by atoms with van der Waals surface area (Å²) in [7, 11) is 0. The van der Waals surface area contributed by atoms with Gasteiger partial charge in [0, 0.05) is 29.7 Å². The second kappa shape index (κ2) is 7.35. The molecule has 3 aliphatic rings. The van der Waals surface area contributed by atoms with Crippen molar-refractivity contribution in [2.45, 2.75) is 84.2 Å². The van der Waals surface area contributed by atoms with Gasteiger partial charge in [-0.05, 0) is 63.7 Å². The normalized spacial score (nSPS) is 27.3. The predicted molar refractivity (Wildman–Crippen MR) is 98.1 cm³/mol. The van der Waals surface area contributed by atoms with E-state index in [0.29, 0.717) is 36.3 Å². The molecule has 3 aliphatic carbocycles. The second-order valence-electron chi connectivity index (χ2n) is 8.33. The van der Waals surface area contributed by atoms with E-state index in [-0.39, 0.29) is 23.5 Å². The van der Waals surface area contributed by atoms with Crippen LogP contribution < -0.4 is 0 Å². The van der Waals surface area contributed by atoms with Crippen LogP contribution in [0.25, 0.3) is 0 Å². The molecular formula is C21H31NO3. The fraction of sp³-hybridized carbons (Fsp3) is 0.714. The maximum Gasteiger partial charge on any atom is 0.249 e. The number of carbonyl (C=O) groups excluding carboxylic acids is 2. The number of ketones is 1. The molecule has 0 aromatic carbocycles. The highest BCUT2D eigenvalue weighted by atomic mass is 16.3. The molecule has 25 heavy (non-hydrogen) atoms. The van der Waals surface area contributed by atoms with E-state index in [0.717, 1.165) is 44.1 Å². The number of allylic oxidation sites excluding steroid dienone is 2. The summed E-state index contributed by atoms with van der Waals surface area (Å²) < 4.78 is 0. The molecule has 4 nitrogen and oxygen atoms in total. The Morgan fingerprint density at radius 2 is 1.84 bits per heavy atom. The van der Waals surface area contributed by atoms with E-state index in [4.69, 9.17) is 0 Å². The molecule has 0 aromatic rings. The van der Waals surface area contributed by atoms with Crippen molar-refractivity contribution in [1.29, 1.82) is 0 Å². The Labute approximate surface area is 151 Å². The molecule has 0 spiro atoms. The number of hydrogen-bond acceptors (Lipinski definition) is 3. The Hall–Kier alpha value is -1.58. The number of Topliss-reactive ketones (excluding diaryl/α,β-unsaturated/α-hetero) is 1. The number of carbonyl (C=O) groups is 2. The Morgan fingerprint density at radius 1 is 1.12 bits per heavy atom. The fourth-order valence-electron chi connectivity index (χ4n) is 4.30. The standard InChI is InChI=1S/C21H31NO3/c1-13(2)15-4-6-16(7-5-15)21(25)22(17-8-9-17)18-10-11-20(24)19(12-18)14(3)23/h6,13,15,17-18,24H,4-5,7-12H2,1-3H3. The molecule has 1 fully saturated rings. The number of amides is 1. The molecule has 1 saturated carbocycles. The molecule has 1 N–H and O–H groups in total. The third kappa shape index (κ3) is 3.99. The zero-order valence-corrected chi connectivity index (χ0v) is 15.8. The molecule has 0 aliphatic heterocycles. The molecule has 0 saturated heterocycles. The van der Waals surface area contributed by atoms with Crippen molar-refractivity contribution in [3.63, 3.8) is 0 Å². The number of nitrogens with zero attached hydrogens (tertiary/aromatic N) is 1.